The summed E-state index contributed by atoms with van der Waals surface area (Å²) < 4.78 is 0. The van der Waals surface area contributed by atoms with E-state index in [2.05, 4.69) is 0 Å². The summed E-state index contributed by atoms with van der Waals surface area (Å²) in [5.74, 6) is 0. The number of nitro groups is 2. The Morgan fingerprint density at radius 3 is 1.52 bits per heavy atom. The van der Waals surface area contributed by atoms with E-state index in [1.54, 1.807) is 12.1 Å². The summed E-state index contributed by atoms with van der Waals surface area (Å²) in [4.78, 5) is 21.6. The molecule has 8 nitrogen and oxygen atoms in total. The van der Waals surface area contributed by atoms with Crippen molar-refractivity contribution in [1.29, 1.82) is 0 Å². The highest BCUT2D eigenvalue weighted by Crippen LogP contribution is 2.35. The highest BCUT2D eigenvalue weighted by atomic mass is 32.2. The van der Waals surface area contributed by atoms with E-state index in [0.29, 0.717) is 9.79 Å². The predicted molar refractivity (Wildman–Crippen MR) is 79.1 cm³/mol. The standard InChI is InChI=1S/C12H10N4O4S/c13-9-3-1-7(5-11(9)15(17)18)21-8-2-4-10(14)12(6-8)16(19)20/h1-6H,13-14H2. The Bertz CT molecular complexity index is 674. The van der Waals surface area contributed by atoms with Gasteiger partial charge in [0.2, 0.25) is 0 Å². The minimum absolute atomic E-state index is 0.0626. The Labute approximate surface area is 123 Å². The van der Waals surface area contributed by atoms with Gasteiger partial charge >= 0.3 is 0 Å². The van der Waals surface area contributed by atoms with Gasteiger partial charge in [-0.05, 0) is 24.3 Å². The number of hydrogen-bond acceptors (Lipinski definition) is 7. The number of nitrogen functional groups attached to an aromatic ring is 2. The van der Waals surface area contributed by atoms with Gasteiger partial charge in [-0.3, -0.25) is 20.2 Å². The molecule has 108 valence electrons. The Morgan fingerprint density at radius 1 is 0.810 bits per heavy atom. The van der Waals surface area contributed by atoms with Crippen LogP contribution in [-0.2, 0) is 0 Å². The van der Waals surface area contributed by atoms with Crippen molar-refractivity contribution in [2.45, 2.75) is 9.79 Å². The fourth-order valence-corrected chi connectivity index (χ4v) is 2.51. The maximum atomic E-state index is 10.8. The fraction of sp³-hybridized carbons (Fsp3) is 0. The van der Waals surface area contributed by atoms with E-state index in [-0.39, 0.29) is 22.7 Å². The van der Waals surface area contributed by atoms with Gasteiger partial charge in [0, 0.05) is 21.9 Å². The molecule has 2 rings (SSSR count). The van der Waals surface area contributed by atoms with E-state index < -0.39 is 9.85 Å². The van der Waals surface area contributed by atoms with Crippen LogP contribution in [-0.4, -0.2) is 9.85 Å². The van der Waals surface area contributed by atoms with E-state index in [4.69, 9.17) is 11.5 Å². The SMILES string of the molecule is Nc1ccc(Sc2ccc(N)c([N+](=O)[O-])c2)cc1[N+](=O)[O-]. The summed E-state index contributed by atoms with van der Waals surface area (Å²) in [6, 6.07) is 8.70. The molecule has 0 saturated carbocycles. The van der Waals surface area contributed by atoms with Crippen molar-refractivity contribution in [2.75, 3.05) is 11.5 Å². The fourth-order valence-electron chi connectivity index (χ4n) is 1.63. The minimum Gasteiger partial charge on any atom is -0.393 e. The van der Waals surface area contributed by atoms with Crippen LogP contribution in [0.4, 0.5) is 22.7 Å². The van der Waals surface area contributed by atoms with Crippen molar-refractivity contribution in [2.24, 2.45) is 0 Å². The summed E-state index contributed by atoms with van der Waals surface area (Å²) >= 11 is 1.15. The van der Waals surface area contributed by atoms with Crippen molar-refractivity contribution in [3.63, 3.8) is 0 Å². The van der Waals surface area contributed by atoms with Gasteiger partial charge in [-0.25, -0.2) is 0 Å². The molecule has 0 amide bonds. The van der Waals surface area contributed by atoms with Crippen LogP contribution >= 0.6 is 11.8 Å². The zero-order chi connectivity index (χ0) is 15.6. The number of benzene rings is 2. The number of nitro benzene ring substituents is 2. The molecule has 0 fully saturated rings. The van der Waals surface area contributed by atoms with E-state index in [9.17, 15) is 20.2 Å². The molecule has 0 bridgehead atoms. The third-order valence-corrected chi connectivity index (χ3v) is 3.61. The summed E-state index contributed by atoms with van der Waals surface area (Å²) in [6.07, 6.45) is 0. The molecule has 0 aliphatic rings. The van der Waals surface area contributed by atoms with E-state index in [1.807, 2.05) is 0 Å². The lowest BCUT2D eigenvalue weighted by Gasteiger charge is -2.04. The van der Waals surface area contributed by atoms with Gasteiger partial charge < -0.3 is 11.5 Å². The van der Waals surface area contributed by atoms with Crippen LogP contribution in [0.5, 0.6) is 0 Å². The summed E-state index contributed by atoms with van der Waals surface area (Å²) in [5.41, 5.74) is 10.7. The first-order valence-electron chi connectivity index (χ1n) is 5.64. The summed E-state index contributed by atoms with van der Waals surface area (Å²) in [6.45, 7) is 0. The van der Waals surface area contributed by atoms with Crippen molar-refractivity contribution in [3.8, 4) is 0 Å². The number of nitrogens with two attached hydrogens (primary N) is 2. The van der Waals surface area contributed by atoms with Crippen LogP contribution in [0.1, 0.15) is 0 Å². The van der Waals surface area contributed by atoms with Crippen LogP contribution < -0.4 is 11.5 Å². The molecule has 2 aromatic carbocycles. The quantitative estimate of drug-likeness (QED) is 0.503. The molecule has 0 atom stereocenters. The van der Waals surface area contributed by atoms with E-state index in [1.165, 1.54) is 24.3 Å². The molecule has 0 aliphatic heterocycles. The molecule has 4 N–H and O–H groups in total. The zero-order valence-corrected chi connectivity index (χ0v) is 11.4. The van der Waals surface area contributed by atoms with Gasteiger partial charge in [0.1, 0.15) is 11.4 Å². The molecule has 0 heterocycles. The maximum absolute atomic E-state index is 10.8. The first kappa shape index (κ1) is 14.6. The number of hydrogen-bond donors (Lipinski definition) is 2. The Hall–Kier alpha value is -2.81. The largest absolute Gasteiger partial charge is 0.393 e. The second-order valence-corrected chi connectivity index (χ2v) is 5.20. The van der Waals surface area contributed by atoms with Crippen molar-refractivity contribution in [3.05, 3.63) is 56.6 Å². The number of rotatable bonds is 4. The van der Waals surface area contributed by atoms with Crippen LogP contribution in [0, 0.1) is 20.2 Å². The van der Waals surface area contributed by atoms with Gasteiger partial charge in [-0.2, -0.15) is 0 Å². The predicted octanol–water partition coefficient (Wildman–Crippen LogP) is 2.82. The summed E-state index contributed by atoms with van der Waals surface area (Å²) in [7, 11) is 0. The van der Waals surface area contributed by atoms with E-state index >= 15 is 0 Å². The lowest BCUT2D eigenvalue weighted by molar-refractivity contribution is -0.384. The van der Waals surface area contributed by atoms with Crippen molar-refractivity contribution in [1.82, 2.24) is 0 Å². The second kappa shape index (κ2) is 5.67. The molecule has 9 heteroatoms. The summed E-state index contributed by atoms with van der Waals surface area (Å²) in [5, 5.41) is 21.6. The Morgan fingerprint density at radius 2 is 1.19 bits per heavy atom. The van der Waals surface area contributed by atoms with Crippen molar-refractivity contribution < 1.29 is 9.85 Å². The van der Waals surface area contributed by atoms with Crippen LogP contribution in [0.3, 0.4) is 0 Å². The molecule has 0 unspecified atom stereocenters. The number of anilines is 2. The molecular formula is C12H10N4O4S. The maximum Gasteiger partial charge on any atom is 0.293 e. The highest BCUT2D eigenvalue weighted by molar-refractivity contribution is 7.99. The topological polar surface area (TPSA) is 138 Å². The third-order valence-electron chi connectivity index (χ3n) is 2.63. The average Bonchev–Trinajstić information content (AvgIpc) is 2.42. The van der Waals surface area contributed by atoms with Gasteiger partial charge in [0.25, 0.3) is 11.4 Å². The van der Waals surface area contributed by atoms with Gasteiger partial charge in [-0.15, -0.1) is 0 Å². The van der Waals surface area contributed by atoms with Crippen LogP contribution in [0.25, 0.3) is 0 Å². The Balaban J connectivity index is 2.34. The monoisotopic (exact) mass is 306 g/mol. The molecule has 0 radical (unpaired) electrons. The minimum atomic E-state index is -0.579. The van der Waals surface area contributed by atoms with E-state index in [0.717, 1.165) is 11.8 Å². The molecule has 2 aromatic rings. The normalized spacial score (nSPS) is 10.3. The molecule has 0 aromatic heterocycles. The highest BCUT2D eigenvalue weighted by Gasteiger charge is 2.15. The lowest BCUT2D eigenvalue weighted by Crippen LogP contribution is -1.96. The zero-order valence-electron chi connectivity index (χ0n) is 10.6. The third kappa shape index (κ3) is 3.20. The second-order valence-electron chi connectivity index (χ2n) is 4.06. The van der Waals surface area contributed by atoms with Crippen LogP contribution in [0.2, 0.25) is 0 Å². The molecule has 0 aliphatic carbocycles. The molecule has 0 spiro atoms. The smallest absolute Gasteiger partial charge is 0.293 e. The lowest BCUT2D eigenvalue weighted by atomic mass is 10.3. The number of nitrogens with zero attached hydrogens (tertiary/aromatic N) is 2. The van der Waals surface area contributed by atoms with Gasteiger partial charge in [0.15, 0.2) is 0 Å². The molecule has 21 heavy (non-hydrogen) atoms. The van der Waals surface area contributed by atoms with Gasteiger partial charge in [0.05, 0.1) is 9.85 Å². The molecule has 0 saturated heterocycles. The van der Waals surface area contributed by atoms with Gasteiger partial charge in [-0.1, -0.05) is 11.8 Å². The first-order chi connectivity index (χ1) is 9.88. The Kier molecular flexibility index (Phi) is 3.94. The molecular weight excluding hydrogens is 296 g/mol. The van der Waals surface area contributed by atoms with Crippen LogP contribution in [0.15, 0.2) is 46.2 Å². The first-order valence-corrected chi connectivity index (χ1v) is 6.46. The van der Waals surface area contributed by atoms with Crippen molar-refractivity contribution >= 4 is 34.5 Å². The average molecular weight is 306 g/mol.